The van der Waals surface area contributed by atoms with Gasteiger partial charge in [0.25, 0.3) is 0 Å². The highest BCUT2D eigenvalue weighted by atomic mass is 32.2. The van der Waals surface area contributed by atoms with Crippen molar-refractivity contribution in [3.05, 3.63) is 41.7 Å². The van der Waals surface area contributed by atoms with Gasteiger partial charge in [-0.3, -0.25) is 4.18 Å². The largest absolute Gasteiger partial charge is 0.497 e. The van der Waals surface area contributed by atoms with E-state index in [4.69, 9.17) is 18.4 Å². The minimum atomic E-state index is -3.91. The molecule has 0 amide bonds. The van der Waals surface area contributed by atoms with Gasteiger partial charge in [-0.25, -0.2) is 9.97 Å². The Hall–Kier alpha value is -2.51. The number of fused-ring (bicyclic) bond motifs is 1. The molecule has 2 aromatic rings. The minimum Gasteiger partial charge on any atom is -0.497 e. The van der Waals surface area contributed by atoms with Gasteiger partial charge in [0, 0.05) is 33.1 Å². The van der Waals surface area contributed by atoms with Crippen molar-refractivity contribution in [2.45, 2.75) is 56.1 Å². The molecule has 0 spiro atoms. The van der Waals surface area contributed by atoms with E-state index in [9.17, 15) is 13.5 Å². The van der Waals surface area contributed by atoms with E-state index < -0.39 is 28.6 Å². The van der Waals surface area contributed by atoms with Gasteiger partial charge in [0.05, 0.1) is 25.4 Å². The first-order valence-electron chi connectivity index (χ1n) is 11.1. The van der Waals surface area contributed by atoms with E-state index >= 15 is 0 Å². The number of hydrogen-bond donors (Lipinski definition) is 3. The van der Waals surface area contributed by atoms with Crippen molar-refractivity contribution in [2.75, 3.05) is 26.6 Å². The van der Waals surface area contributed by atoms with E-state index in [1.54, 1.807) is 20.3 Å². The fourth-order valence-corrected chi connectivity index (χ4v) is 5.09. The predicted octanol–water partition coefficient (Wildman–Crippen LogP) is 1.35. The van der Waals surface area contributed by atoms with Crippen molar-refractivity contribution >= 4 is 16.1 Å². The maximum atomic E-state index is 11.6. The van der Waals surface area contributed by atoms with Crippen LogP contribution in [-0.4, -0.2) is 69.2 Å². The molecular formula is C22H30N4O7S. The maximum absolute atomic E-state index is 11.6. The van der Waals surface area contributed by atoms with Crippen LogP contribution in [0.3, 0.4) is 0 Å². The molecule has 11 nitrogen and oxygen atoms in total. The Morgan fingerprint density at radius 2 is 1.94 bits per heavy atom. The number of aliphatic hydroxyl groups is 1. The summed E-state index contributed by atoms with van der Waals surface area (Å²) in [6.45, 7) is 0. The number of nitrogens with one attached hydrogen (secondary N) is 2. The SMILES string of the molecule is CNS(=O)(=O)O[C@H]1C[C@H](Oc2cc(N[C@H]3c4cc(OC)ccc4CC[C@H]3OC)ncn2)C[C@@H]1O. The zero-order valence-electron chi connectivity index (χ0n) is 19.3. The topological polar surface area (TPSA) is 141 Å². The number of hydrogen-bond acceptors (Lipinski definition) is 10. The predicted molar refractivity (Wildman–Crippen MR) is 123 cm³/mol. The second kappa shape index (κ2) is 10.4. The molecule has 5 atom stereocenters. The molecule has 12 heteroatoms. The van der Waals surface area contributed by atoms with Crippen molar-refractivity contribution < 1.29 is 31.9 Å². The summed E-state index contributed by atoms with van der Waals surface area (Å²) in [6, 6.07) is 7.56. The van der Waals surface area contributed by atoms with Crippen LogP contribution in [0.2, 0.25) is 0 Å². The van der Waals surface area contributed by atoms with Gasteiger partial charge in [0.1, 0.15) is 30.1 Å². The lowest BCUT2D eigenvalue weighted by Gasteiger charge is -2.33. The first-order chi connectivity index (χ1) is 16.3. The highest BCUT2D eigenvalue weighted by molar-refractivity contribution is 7.84. The molecule has 2 aliphatic carbocycles. The molecular weight excluding hydrogens is 464 g/mol. The Kier molecular flexibility index (Phi) is 7.53. The van der Waals surface area contributed by atoms with Gasteiger partial charge in [0.15, 0.2) is 0 Å². The lowest BCUT2D eigenvalue weighted by atomic mass is 9.85. The molecule has 4 rings (SSSR count). The summed E-state index contributed by atoms with van der Waals surface area (Å²) in [5, 5.41) is 13.6. The summed E-state index contributed by atoms with van der Waals surface area (Å²) < 4.78 is 47.4. The van der Waals surface area contributed by atoms with Crippen LogP contribution in [0.25, 0.3) is 0 Å². The molecule has 0 bridgehead atoms. The van der Waals surface area contributed by atoms with E-state index in [0.29, 0.717) is 11.7 Å². The Morgan fingerprint density at radius 3 is 2.68 bits per heavy atom. The Balaban J connectivity index is 1.47. The average Bonchev–Trinajstić information content (AvgIpc) is 3.16. The normalized spacial score (nSPS) is 26.6. The smallest absolute Gasteiger partial charge is 0.335 e. The third-order valence-corrected chi connectivity index (χ3v) is 7.22. The van der Waals surface area contributed by atoms with Gasteiger partial charge >= 0.3 is 10.3 Å². The summed E-state index contributed by atoms with van der Waals surface area (Å²) >= 11 is 0. The third kappa shape index (κ3) is 5.58. The van der Waals surface area contributed by atoms with Crippen molar-refractivity contribution in [3.8, 4) is 11.6 Å². The van der Waals surface area contributed by atoms with E-state index in [2.05, 4.69) is 26.1 Å². The summed E-state index contributed by atoms with van der Waals surface area (Å²) in [6.07, 6.45) is 1.21. The van der Waals surface area contributed by atoms with Gasteiger partial charge in [-0.2, -0.15) is 13.1 Å². The number of benzene rings is 1. The van der Waals surface area contributed by atoms with Crippen molar-refractivity contribution in [1.82, 2.24) is 14.7 Å². The number of methoxy groups -OCH3 is 2. The summed E-state index contributed by atoms with van der Waals surface area (Å²) in [4.78, 5) is 8.50. The number of ether oxygens (including phenoxy) is 3. The Morgan fingerprint density at radius 1 is 1.12 bits per heavy atom. The van der Waals surface area contributed by atoms with Crippen molar-refractivity contribution in [2.24, 2.45) is 0 Å². The fourth-order valence-electron chi connectivity index (χ4n) is 4.46. The van der Waals surface area contributed by atoms with E-state index in [0.717, 1.165) is 24.2 Å². The standard InChI is InChI=1S/C22H30N4O7S/c1-23-34(28,29)33-19-10-15(9-17(19)27)32-21-11-20(24-12-25-21)26-22-16-8-14(30-2)6-4-13(16)5-7-18(22)31-3/h4,6,8,11-12,15,17-19,22-23,27H,5,7,9-10H2,1-3H3,(H,24,25,26)/t15-,17+,18-,19+,22+/m1/s1. The van der Waals surface area contributed by atoms with Crippen LogP contribution in [0.15, 0.2) is 30.6 Å². The number of aromatic nitrogens is 2. The van der Waals surface area contributed by atoms with E-state index in [-0.39, 0.29) is 25.0 Å². The second-order valence-electron chi connectivity index (χ2n) is 8.31. The van der Waals surface area contributed by atoms with Crippen LogP contribution in [0.1, 0.15) is 36.4 Å². The lowest BCUT2D eigenvalue weighted by molar-refractivity contribution is 0.0634. The van der Waals surface area contributed by atoms with Crippen LogP contribution >= 0.6 is 0 Å². The highest BCUT2D eigenvalue weighted by Crippen LogP contribution is 2.36. The molecule has 1 fully saturated rings. The quantitative estimate of drug-likeness (QED) is 0.468. The van der Waals surface area contributed by atoms with Gasteiger partial charge in [0.2, 0.25) is 5.88 Å². The summed E-state index contributed by atoms with van der Waals surface area (Å²) in [5.41, 5.74) is 2.31. The average molecular weight is 495 g/mol. The molecule has 2 aliphatic rings. The number of aliphatic hydroxyl groups excluding tert-OH is 1. The molecule has 0 radical (unpaired) electrons. The second-order valence-corrected chi connectivity index (χ2v) is 9.82. The number of rotatable bonds is 9. The minimum absolute atomic E-state index is 0.0593. The molecule has 1 aromatic heterocycles. The molecule has 1 aromatic carbocycles. The molecule has 1 saturated carbocycles. The first-order valence-corrected chi connectivity index (χ1v) is 12.5. The Labute approximate surface area is 199 Å². The highest BCUT2D eigenvalue weighted by Gasteiger charge is 2.38. The van der Waals surface area contributed by atoms with Crippen molar-refractivity contribution in [1.29, 1.82) is 0 Å². The number of nitrogens with zero attached hydrogens (tertiary/aromatic N) is 2. The lowest BCUT2D eigenvalue weighted by Crippen LogP contribution is -2.32. The molecule has 186 valence electrons. The van der Waals surface area contributed by atoms with Gasteiger partial charge < -0.3 is 24.6 Å². The van der Waals surface area contributed by atoms with Crippen LogP contribution in [0, 0.1) is 0 Å². The maximum Gasteiger partial charge on any atom is 0.335 e. The number of aryl methyl sites for hydroxylation is 1. The molecule has 3 N–H and O–H groups in total. The zero-order valence-corrected chi connectivity index (χ0v) is 20.1. The van der Waals surface area contributed by atoms with Gasteiger partial charge in [-0.15, -0.1) is 0 Å². The molecule has 0 aliphatic heterocycles. The molecule has 0 saturated heterocycles. The summed E-state index contributed by atoms with van der Waals surface area (Å²) in [5.74, 6) is 1.63. The van der Waals surface area contributed by atoms with Crippen LogP contribution in [-0.2, 0) is 25.6 Å². The zero-order chi connectivity index (χ0) is 24.3. The van der Waals surface area contributed by atoms with Crippen LogP contribution < -0.4 is 19.5 Å². The van der Waals surface area contributed by atoms with Gasteiger partial charge in [-0.05, 0) is 36.1 Å². The van der Waals surface area contributed by atoms with Crippen LogP contribution in [0.4, 0.5) is 5.82 Å². The van der Waals surface area contributed by atoms with E-state index in [1.165, 1.54) is 18.9 Å². The van der Waals surface area contributed by atoms with E-state index in [1.807, 2.05) is 12.1 Å². The molecule has 1 heterocycles. The van der Waals surface area contributed by atoms with Crippen molar-refractivity contribution in [3.63, 3.8) is 0 Å². The monoisotopic (exact) mass is 494 g/mol. The Bertz CT molecular complexity index is 1100. The van der Waals surface area contributed by atoms with Crippen LogP contribution in [0.5, 0.6) is 11.6 Å². The number of anilines is 1. The molecule has 0 unspecified atom stereocenters. The molecule has 34 heavy (non-hydrogen) atoms. The first kappa shape index (κ1) is 24.6. The fraction of sp³-hybridized carbons (Fsp3) is 0.545. The summed E-state index contributed by atoms with van der Waals surface area (Å²) in [7, 11) is 0.660. The van der Waals surface area contributed by atoms with Gasteiger partial charge in [-0.1, -0.05) is 6.07 Å². The third-order valence-electron chi connectivity index (χ3n) is 6.22.